The van der Waals surface area contributed by atoms with Crippen molar-refractivity contribution in [1.82, 2.24) is 14.8 Å². The van der Waals surface area contributed by atoms with Crippen LogP contribution in [-0.4, -0.2) is 74.3 Å². The smallest absolute Gasteiger partial charge is 0.322 e. The summed E-state index contributed by atoms with van der Waals surface area (Å²) in [7, 11) is 6.29. The van der Waals surface area contributed by atoms with Gasteiger partial charge in [0.1, 0.15) is 18.0 Å². The number of anilines is 1. The van der Waals surface area contributed by atoms with Crippen LogP contribution in [0.15, 0.2) is 66.9 Å². The van der Waals surface area contributed by atoms with Crippen molar-refractivity contribution in [3.05, 3.63) is 78.0 Å². The first-order valence-electron chi connectivity index (χ1n) is 14.3. The molecule has 0 unspecified atom stereocenters. The highest BCUT2D eigenvalue weighted by molar-refractivity contribution is 5.93. The van der Waals surface area contributed by atoms with Gasteiger partial charge in [-0.1, -0.05) is 24.3 Å². The lowest BCUT2D eigenvalue weighted by Crippen LogP contribution is -2.45. The van der Waals surface area contributed by atoms with Gasteiger partial charge in [-0.25, -0.2) is 4.79 Å². The van der Waals surface area contributed by atoms with Gasteiger partial charge in [-0.05, 0) is 48.6 Å². The van der Waals surface area contributed by atoms with E-state index in [4.69, 9.17) is 18.9 Å². The maximum Gasteiger partial charge on any atom is 0.322 e. The standard InChI is InChI=1S/C33H38N4O6/c1-40-26-16-24(17-27(18-26)41-2)35-33(39)37(25-10-11-25)21-32(38)36(20-22-9-12-30(42-3)31(15-22)43-4)14-13-23-19-34-29-8-6-5-7-28(23)29/h5-9,12,15-19,25,34H,10-11,13-14,20-21H2,1-4H3,(H,35,39). The molecule has 10 nitrogen and oxygen atoms in total. The molecule has 1 aromatic heterocycles. The van der Waals surface area contributed by atoms with Crippen molar-refractivity contribution in [2.75, 3.05) is 46.8 Å². The first kappa shape index (κ1) is 29.6. The number of aromatic amines is 1. The Labute approximate surface area is 251 Å². The predicted octanol–water partition coefficient (Wildman–Crippen LogP) is 5.47. The number of amides is 3. The summed E-state index contributed by atoms with van der Waals surface area (Å²) in [5.41, 5.74) is 3.61. The average molecular weight is 587 g/mol. The molecule has 1 fully saturated rings. The van der Waals surface area contributed by atoms with Crippen molar-refractivity contribution < 1.29 is 28.5 Å². The first-order valence-corrected chi connectivity index (χ1v) is 14.3. The van der Waals surface area contributed by atoms with E-state index in [0.29, 0.717) is 48.2 Å². The number of para-hydroxylation sites is 1. The summed E-state index contributed by atoms with van der Waals surface area (Å²) >= 11 is 0. The van der Waals surface area contributed by atoms with Crippen molar-refractivity contribution in [2.24, 2.45) is 0 Å². The molecule has 0 spiro atoms. The van der Waals surface area contributed by atoms with Crippen LogP contribution in [0.3, 0.4) is 0 Å². The van der Waals surface area contributed by atoms with Crippen molar-refractivity contribution in [2.45, 2.75) is 31.8 Å². The topological polar surface area (TPSA) is 105 Å². The number of H-pyrrole nitrogens is 1. The Hall–Kier alpha value is -4.86. The molecule has 0 saturated heterocycles. The molecule has 3 amide bonds. The van der Waals surface area contributed by atoms with Gasteiger partial charge in [0, 0.05) is 60.1 Å². The highest BCUT2D eigenvalue weighted by atomic mass is 16.5. The highest BCUT2D eigenvalue weighted by Crippen LogP contribution is 2.31. The molecule has 226 valence electrons. The molecular formula is C33H38N4O6. The van der Waals surface area contributed by atoms with Crippen LogP contribution in [0.25, 0.3) is 10.9 Å². The Bertz CT molecular complexity index is 1560. The van der Waals surface area contributed by atoms with Crippen LogP contribution in [-0.2, 0) is 17.8 Å². The quantitative estimate of drug-likeness (QED) is 0.215. The zero-order chi connectivity index (χ0) is 30.3. The zero-order valence-corrected chi connectivity index (χ0v) is 25.0. The molecule has 0 atom stereocenters. The van der Waals surface area contributed by atoms with Gasteiger partial charge in [-0.3, -0.25) is 4.79 Å². The van der Waals surface area contributed by atoms with Crippen molar-refractivity contribution in [3.63, 3.8) is 0 Å². The number of carbonyl (C=O) groups is 2. The minimum Gasteiger partial charge on any atom is -0.497 e. The van der Waals surface area contributed by atoms with E-state index in [1.54, 1.807) is 56.4 Å². The largest absolute Gasteiger partial charge is 0.497 e. The van der Waals surface area contributed by atoms with E-state index in [1.807, 2.05) is 42.6 Å². The maximum atomic E-state index is 13.9. The van der Waals surface area contributed by atoms with Crippen LogP contribution in [0, 0.1) is 0 Å². The molecular weight excluding hydrogens is 548 g/mol. The SMILES string of the molecule is COc1cc(NC(=O)N(CC(=O)N(CCc2c[nH]c3ccccc23)Cc2ccc(OC)c(OC)c2)C2CC2)cc(OC)c1. The van der Waals surface area contributed by atoms with E-state index in [9.17, 15) is 9.59 Å². The Morgan fingerprint density at radius 3 is 2.28 bits per heavy atom. The number of rotatable bonds is 13. The lowest BCUT2D eigenvalue weighted by atomic mass is 10.1. The van der Waals surface area contributed by atoms with Crippen LogP contribution in [0.1, 0.15) is 24.0 Å². The molecule has 3 aromatic carbocycles. The molecule has 1 aliphatic rings. The molecule has 0 radical (unpaired) electrons. The van der Waals surface area contributed by atoms with E-state index in [2.05, 4.69) is 16.4 Å². The van der Waals surface area contributed by atoms with Crippen LogP contribution >= 0.6 is 0 Å². The fourth-order valence-electron chi connectivity index (χ4n) is 5.16. The molecule has 2 N–H and O–H groups in total. The third-order valence-corrected chi connectivity index (χ3v) is 7.66. The molecule has 10 heteroatoms. The maximum absolute atomic E-state index is 13.9. The number of methoxy groups -OCH3 is 4. The Balaban J connectivity index is 1.35. The number of benzene rings is 3. The fourth-order valence-corrected chi connectivity index (χ4v) is 5.16. The van der Waals surface area contributed by atoms with E-state index in [1.165, 1.54) is 0 Å². The number of hydrogen-bond donors (Lipinski definition) is 2. The minimum atomic E-state index is -0.339. The Kier molecular flexibility index (Phi) is 9.24. The Morgan fingerprint density at radius 2 is 1.60 bits per heavy atom. The molecule has 0 bridgehead atoms. The van der Waals surface area contributed by atoms with E-state index in [0.717, 1.165) is 34.9 Å². The van der Waals surface area contributed by atoms with Gasteiger partial charge in [0.15, 0.2) is 11.5 Å². The second kappa shape index (κ2) is 13.4. The monoisotopic (exact) mass is 586 g/mol. The second-order valence-corrected chi connectivity index (χ2v) is 10.5. The lowest BCUT2D eigenvalue weighted by molar-refractivity contribution is -0.132. The summed E-state index contributed by atoms with van der Waals surface area (Å²) in [6.45, 7) is 0.787. The van der Waals surface area contributed by atoms with Gasteiger partial charge in [0.05, 0.1) is 28.4 Å². The predicted molar refractivity (Wildman–Crippen MR) is 165 cm³/mol. The normalized spacial score (nSPS) is 12.5. The summed E-state index contributed by atoms with van der Waals surface area (Å²) in [6, 6.07) is 18.6. The number of nitrogens with zero attached hydrogens (tertiary/aromatic N) is 2. The molecule has 1 aliphatic carbocycles. The van der Waals surface area contributed by atoms with Crippen LogP contribution in [0.5, 0.6) is 23.0 Å². The third kappa shape index (κ3) is 7.14. The summed E-state index contributed by atoms with van der Waals surface area (Å²) in [4.78, 5) is 34.2. The molecule has 43 heavy (non-hydrogen) atoms. The molecule has 1 saturated carbocycles. The summed E-state index contributed by atoms with van der Waals surface area (Å²) < 4.78 is 21.6. The zero-order valence-electron chi connectivity index (χ0n) is 25.0. The molecule has 5 rings (SSSR count). The molecule has 4 aromatic rings. The number of hydrogen-bond acceptors (Lipinski definition) is 6. The first-order chi connectivity index (χ1) is 20.9. The average Bonchev–Trinajstić information content (AvgIpc) is 3.80. The van der Waals surface area contributed by atoms with Crippen molar-refractivity contribution in [3.8, 4) is 23.0 Å². The van der Waals surface area contributed by atoms with Gasteiger partial charge in [0.25, 0.3) is 0 Å². The number of nitrogens with one attached hydrogen (secondary N) is 2. The van der Waals surface area contributed by atoms with Crippen molar-refractivity contribution >= 4 is 28.5 Å². The third-order valence-electron chi connectivity index (χ3n) is 7.66. The summed E-state index contributed by atoms with van der Waals surface area (Å²) in [6.07, 6.45) is 4.36. The van der Waals surface area contributed by atoms with Gasteiger partial charge >= 0.3 is 6.03 Å². The van der Waals surface area contributed by atoms with Crippen LogP contribution in [0.2, 0.25) is 0 Å². The second-order valence-electron chi connectivity index (χ2n) is 10.5. The number of fused-ring (bicyclic) bond motifs is 1. The van der Waals surface area contributed by atoms with Crippen molar-refractivity contribution in [1.29, 1.82) is 0 Å². The molecule has 0 aliphatic heterocycles. The van der Waals surface area contributed by atoms with Gasteiger partial charge in [-0.15, -0.1) is 0 Å². The summed E-state index contributed by atoms with van der Waals surface area (Å²) in [5.74, 6) is 2.19. The number of aromatic nitrogens is 1. The van der Waals surface area contributed by atoms with E-state index in [-0.39, 0.29) is 24.5 Å². The fraction of sp³-hybridized carbons (Fsp3) is 0.333. The van der Waals surface area contributed by atoms with E-state index >= 15 is 0 Å². The lowest BCUT2D eigenvalue weighted by Gasteiger charge is -2.28. The number of ether oxygens (including phenoxy) is 4. The number of carbonyl (C=O) groups excluding carboxylic acids is 2. The minimum absolute atomic E-state index is 0.00741. The van der Waals surface area contributed by atoms with E-state index < -0.39 is 0 Å². The van der Waals surface area contributed by atoms with Gasteiger partial charge < -0.3 is 39.0 Å². The van der Waals surface area contributed by atoms with Crippen LogP contribution < -0.4 is 24.3 Å². The highest BCUT2D eigenvalue weighted by Gasteiger charge is 2.35. The van der Waals surface area contributed by atoms with Gasteiger partial charge in [-0.2, -0.15) is 0 Å². The summed E-state index contributed by atoms with van der Waals surface area (Å²) in [5, 5.41) is 4.06. The van der Waals surface area contributed by atoms with Gasteiger partial charge in [0.2, 0.25) is 5.91 Å². The Morgan fingerprint density at radius 1 is 0.884 bits per heavy atom. The molecule has 1 heterocycles. The van der Waals surface area contributed by atoms with Crippen LogP contribution in [0.4, 0.5) is 10.5 Å². The number of urea groups is 1.